The summed E-state index contributed by atoms with van der Waals surface area (Å²) in [6, 6.07) is 17.5. The van der Waals surface area contributed by atoms with Crippen molar-refractivity contribution in [3.8, 4) is 0 Å². The van der Waals surface area contributed by atoms with Crippen LogP contribution in [0, 0.1) is 6.92 Å². The van der Waals surface area contributed by atoms with Gasteiger partial charge in [-0.2, -0.15) is 0 Å². The van der Waals surface area contributed by atoms with Gasteiger partial charge in [0.25, 0.3) is 0 Å². The summed E-state index contributed by atoms with van der Waals surface area (Å²) in [6.07, 6.45) is 1.05. The van der Waals surface area contributed by atoms with E-state index in [2.05, 4.69) is 62.5 Å². The smallest absolute Gasteiger partial charge is 0.0406 e. The highest BCUT2D eigenvalue weighted by atomic mass is 35.5. The average Bonchev–Trinajstić information content (AvgIpc) is 2.45. The molecule has 0 heterocycles. The number of halogens is 1. The second-order valence-corrected chi connectivity index (χ2v) is 5.75. The van der Waals surface area contributed by atoms with Gasteiger partial charge in [-0.25, -0.2) is 0 Å². The van der Waals surface area contributed by atoms with Gasteiger partial charge in [0.15, 0.2) is 0 Å². The van der Waals surface area contributed by atoms with Gasteiger partial charge in [-0.3, -0.25) is 0 Å². The van der Waals surface area contributed by atoms with E-state index in [1.54, 1.807) is 0 Å². The predicted molar refractivity (Wildman–Crippen MR) is 87.2 cm³/mol. The van der Waals surface area contributed by atoms with Gasteiger partial charge in [-0.1, -0.05) is 60.5 Å². The minimum atomic E-state index is 0.329. The average molecular weight is 288 g/mol. The largest absolute Gasteiger partial charge is 0.303 e. The maximum Gasteiger partial charge on any atom is 0.0406 e. The van der Waals surface area contributed by atoms with Gasteiger partial charge in [-0.15, -0.1) is 0 Å². The lowest BCUT2D eigenvalue weighted by Gasteiger charge is -2.23. The minimum Gasteiger partial charge on any atom is -0.303 e. The second kappa shape index (κ2) is 6.92. The molecular formula is C18H22ClN. The van der Waals surface area contributed by atoms with Crippen LogP contribution in [-0.4, -0.2) is 0 Å². The molecule has 0 aliphatic carbocycles. The number of benzene rings is 2. The van der Waals surface area contributed by atoms with E-state index < -0.39 is 0 Å². The van der Waals surface area contributed by atoms with Crippen LogP contribution in [0.1, 0.15) is 49.0 Å². The highest BCUT2D eigenvalue weighted by Gasteiger charge is 2.13. The summed E-state index contributed by atoms with van der Waals surface area (Å²) in [5.41, 5.74) is 3.92. The van der Waals surface area contributed by atoms with Gasteiger partial charge >= 0.3 is 0 Å². The highest BCUT2D eigenvalue weighted by molar-refractivity contribution is 6.30. The van der Waals surface area contributed by atoms with Gasteiger partial charge in [0.05, 0.1) is 0 Å². The Hall–Kier alpha value is -1.31. The molecule has 0 aromatic heterocycles. The molecular weight excluding hydrogens is 266 g/mol. The van der Waals surface area contributed by atoms with Gasteiger partial charge < -0.3 is 5.32 Å². The van der Waals surface area contributed by atoms with Crippen molar-refractivity contribution in [2.24, 2.45) is 0 Å². The van der Waals surface area contributed by atoms with E-state index in [1.165, 1.54) is 16.7 Å². The fourth-order valence-corrected chi connectivity index (χ4v) is 2.61. The van der Waals surface area contributed by atoms with Gasteiger partial charge in [0.1, 0.15) is 0 Å². The molecule has 0 saturated heterocycles. The molecule has 0 amide bonds. The molecule has 0 aliphatic heterocycles. The van der Waals surface area contributed by atoms with Crippen LogP contribution in [0.3, 0.4) is 0 Å². The minimum absolute atomic E-state index is 0.329. The molecule has 0 fully saturated rings. The van der Waals surface area contributed by atoms with Crippen molar-refractivity contribution in [3.05, 3.63) is 70.2 Å². The number of hydrogen-bond donors (Lipinski definition) is 1. The van der Waals surface area contributed by atoms with Crippen LogP contribution in [-0.2, 0) is 0 Å². The van der Waals surface area contributed by atoms with Crippen molar-refractivity contribution >= 4 is 11.6 Å². The summed E-state index contributed by atoms with van der Waals surface area (Å²) >= 11 is 5.96. The zero-order valence-corrected chi connectivity index (χ0v) is 13.1. The first-order valence-corrected chi connectivity index (χ1v) is 7.56. The Balaban J connectivity index is 2.11. The van der Waals surface area contributed by atoms with Gasteiger partial charge in [-0.05, 0) is 43.5 Å². The fraction of sp³-hybridized carbons (Fsp3) is 0.333. The lowest BCUT2D eigenvalue weighted by Crippen LogP contribution is -2.24. The Morgan fingerprint density at radius 1 is 1.05 bits per heavy atom. The Bertz CT molecular complexity index is 548. The molecule has 0 aliphatic rings. The SMILES string of the molecule is CCC(N[C@H](C)c1cccc(C)c1)c1ccc(Cl)cc1. The van der Waals surface area contributed by atoms with Crippen LogP contribution < -0.4 is 5.32 Å². The van der Waals surface area contributed by atoms with Crippen molar-refractivity contribution in [2.45, 2.75) is 39.3 Å². The van der Waals surface area contributed by atoms with E-state index in [9.17, 15) is 0 Å². The van der Waals surface area contributed by atoms with Crippen molar-refractivity contribution in [3.63, 3.8) is 0 Å². The molecule has 0 saturated carbocycles. The number of hydrogen-bond acceptors (Lipinski definition) is 1. The molecule has 0 bridgehead atoms. The van der Waals surface area contributed by atoms with Crippen molar-refractivity contribution in [1.29, 1.82) is 0 Å². The molecule has 2 rings (SSSR count). The molecule has 2 aromatic rings. The maximum absolute atomic E-state index is 5.96. The fourth-order valence-electron chi connectivity index (χ4n) is 2.48. The summed E-state index contributed by atoms with van der Waals surface area (Å²) in [5.74, 6) is 0. The zero-order valence-electron chi connectivity index (χ0n) is 12.4. The van der Waals surface area contributed by atoms with Crippen LogP contribution in [0.2, 0.25) is 5.02 Å². The summed E-state index contributed by atoms with van der Waals surface area (Å²) < 4.78 is 0. The van der Waals surface area contributed by atoms with Crippen molar-refractivity contribution < 1.29 is 0 Å². The Kier molecular flexibility index (Phi) is 5.22. The van der Waals surface area contributed by atoms with Crippen LogP contribution in [0.25, 0.3) is 0 Å². The molecule has 106 valence electrons. The molecule has 2 heteroatoms. The second-order valence-electron chi connectivity index (χ2n) is 5.31. The van der Waals surface area contributed by atoms with Crippen LogP contribution in [0.15, 0.2) is 48.5 Å². The normalized spacial score (nSPS) is 14.0. The molecule has 2 atom stereocenters. The van der Waals surface area contributed by atoms with Crippen molar-refractivity contribution in [2.75, 3.05) is 0 Å². The Labute approximate surface area is 127 Å². The zero-order chi connectivity index (χ0) is 14.5. The van der Waals surface area contributed by atoms with E-state index >= 15 is 0 Å². The third-order valence-electron chi connectivity index (χ3n) is 3.67. The molecule has 1 nitrogen and oxygen atoms in total. The topological polar surface area (TPSA) is 12.0 Å². The number of aryl methyl sites for hydroxylation is 1. The van der Waals surface area contributed by atoms with Crippen LogP contribution in [0.5, 0.6) is 0 Å². The lowest BCUT2D eigenvalue weighted by molar-refractivity contribution is 0.456. The summed E-state index contributed by atoms with van der Waals surface area (Å²) in [4.78, 5) is 0. The highest BCUT2D eigenvalue weighted by Crippen LogP contribution is 2.23. The monoisotopic (exact) mass is 287 g/mol. The number of nitrogens with one attached hydrogen (secondary N) is 1. The third kappa shape index (κ3) is 3.84. The first-order chi connectivity index (χ1) is 9.60. The van der Waals surface area contributed by atoms with E-state index in [0.29, 0.717) is 12.1 Å². The maximum atomic E-state index is 5.96. The molecule has 1 N–H and O–H groups in total. The quantitative estimate of drug-likeness (QED) is 0.771. The Morgan fingerprint density at radius 3 is 2.35 bits per heavy atom. The van der Waals surface area contributed by atoms with E-state index in [4.69, 9.17) is 11.6 Å². The molecule has 1 unspecified atom stereocenters. The lowest BCUT2D eigenvalue weighted by atomic mass is 10.0. The molecule has 20 heavy (non-hydrogen) atoms. The van der Waals surface area contributed by atoms with E-state index in [1.807, 2.05) is 12.1 Å². The van der Waals surface area contributed by atoms with Crippen LogP contribution in [0.4, 0.5) is 0 Å². The van der Waals surface area contributed by atoms with E-state index in [0.717, 1.165) is 11.4 Å². The first kappa shape index (κ1) is 15.1. The van der Waals surface area contributed by atoms with Gasteiger partial charge in [0, 0.05) is 17.1 Å². The third-order valence-corrected chi connectivity index (χ3v) is 3.93. The summed E-state index contributed by atoms with van der Waals surface area (Å²) in [5, 5.41) is 4.49. The van der Waals surface area contributed by atoms with Gasteiger partial charge in [0.2, 0.25) is 0 Å². The first-order valence-electron chi connectivity index (χ1n) is 7.18. The molecule has 0 spiro atoms. The molecule has 2 aromatic carbocycles. The summed E-state index contributed by atoms with van der Waals surface area (Å²) in [7, 11) is 0. The van der Waals surface area contributed by atoms with Crippen molar-refractivity contribution in [1.82, 2.24) is 5.32 Å². The van der Waals surface area contributed by atoms with E-state index in [-0.39, 0.29) is 0 Å². The standard InChI is InChI=1S/C18H22ClN/c1-4-18(15-8-10-17(19)11-9-15)20-14(3)16-7-5-6-13(2)12-16/h5-12,14,18,20H,4H2,1-3H3/t14-,18?/m1/s1. The predicted octanol–water partition coefficient (Wildman–Crippen LogP) is 5.45. The Morgan fingerprint density at radius 2 is 1.75 bits per heavy atom. The summed E-state index contributed by atoms with van der Waals surface area (Å²) in [6.45, 7) is 6.55. The molecule has 0 radical (unpaired) electrons. The number of rotatable bonds is 5. The van der Waals surface area contributed by atoms with Crippen LogP contribution >= 0.6 is 11.6 Å².